The van der Waals surface area contributed by atoms with Gasteiger partial charge in [-0.15, -0.1) is 0 Å². The molecule has 2 saturated heterocycles. The van der Waals surface area contributed by atoms with Gasteiger partial charge in [0.1, 0.15) is 0 Å². The second-order valence-corrected chi connectivity index (χ2v) is 6.53. The lowest BCUT2D eigenvalue weighted by atomic mass is 9.96. The van der Waals surface area contributed by atoms with Crippen molar-refractivity contribution in [3.63, 3.8) is 0 Å². The zero-order chi connectivity index (χ0) is 17.8. The fraction of sp³-hybridized carbons (Fsp3) is 0.588. The smallest absolute Gasteiger partial charge is 0.271 e. The average Bonchev–Trinajstić information content (AvgIpc) is 3.12. The largest absolute Gasteiger partial charge is 0.350 e. The molecule has 1 N–H and O–H groups in total. The Kier molecular flexibility index (Phi) is 5.62. The van der Waals surface area contributed by atoms with E-state index in [4.69, 9.17) is 9.47 Å². The standard InChI is InChI=1S/C17H23N3O5/c1-12-2-3-14(20(22)23)10-15(12)18-16(21)11-19-6-4-13(5-7-19)17-24-8-9-25-17/h2-3,10,13,17H,4-9,11H2,1H3,(H,18,21). The molecular weight excluding hydrogens is 326 g/mol. The van der Waals surface area contributed by atoms with Gasteiger partial charge in [-0.25, -0.2) is 0 Å². The lowest BCUT2D eigenvalue weighted by Crippen LogP contribution is -2.41. The molecule has 0 atom stereocenters. The normalized spacial score (nSPS) is 19.9. The number of nitrogens with zero attached hydrogens (tertiary/aromatic N) is 2. The predicted octanol–water partition coefficient (Wildman–Crippen LogP) is 1.93. The SMILES string of the molecule is Cc1ccc([N+](=O)[O-])cc1NC(=O)CN1CCC(C2OCCO2)CC1. The second-order valence-electron chi connectivity index (χ2n) is 6.53. The average molecular weight is 349 g/mol. The highest BCUT2D eigenvalue weighted by Gasteiger charge is 2.30. The quantitative estimate of drug-likeness (QED) is 0.645. The van der Waals surface area contributed by atoms with Gasteiger partial charge in [-0.1, -0.05) is 6.07 Å². The third kappa shape index (κ3) is 4.53. The molecule has 0 aliphatic carbocycles. The van der Waals surface area contributed by atoms with Crippen molar-refractivity contribution in [1.82, 2.24) is 4.90 Å². The number of carbonyl (C=O) groups is 1. The van der Waals surface area contributed by atoms with Crippen molar-refractivity contribution in [2.75, 3.05) is 38.2 Å². The number of aryl methyl sites for hydroxylation is 1. The molecule has 8 heteroatoms. The molecular formula is C17H23N3O5. The van der Waals surface area contributed by atoms with E-state index in [0.717, 1.165) is 31.5 Å². The molecule has 2 heterocycles. The Morgan fingerprint density at radius 3 is 2.64 bits per heavy atom. The zero-order valence-electron chi connectivity index (χ0n) is 14.3. The molecule has 2 aliphatic heterocycles. The molecule has 2 aliphatic rings. The van der Waals surface area contributed by atoms with Crippen LogP contribution in [-0.4, -0.2) is 54.9 Å². The summed E-state index contributed by atoms with van der Waals surface area (Å²) in [7, 11) is 0. The number of nitrogens with one attached hydrogen (secondary N) is 1. The van der Waals surface area contributed by atoms with E-state index >= 15 is 0 Å². The minimum absolute atomic E-state index is 0.0294. The third-order valence-corrected chi connectivity index (χ3v) is 4.74. The first-order valence-corrected chi connectivity index (χ1v) is 8.53. The minimum Gasteiger partial charge on any atom is -0.350 e. The molecule has 0 saturated carbocycles. The number of non-ortho nitro benzene ring substituents is 1. The Balaban J connectivity index is 1.50. The van der Waals surface area contributed by atoms with Gasteiger partial charge in [0, 0.05) is 18.1 Å². The zero-order valence-corrected chi connectivity index (χ0v) is 14.3. The maximum atomic E-state index is 12.3. The number of benzene rings is 1. The van der Waals surface area contributed by atoms with Crippen LogP contribution in [0.5, 0.6) is 0 Å². The van der Waals surface area contributed by atoms with Crippen LogP contribution in [0.4, 0.5) is 11.4 Å². The molecule has 25 heavy (non-hydrogen) atoms. The van der Waals surface area contributed by atoms with E-state index in [1.807, 2.05) is 6.92 Å². The third-order valence-electron chi connectivity index (χ3n) is 4.74. The van der Waals surface area contributed by atoms with E-state index in [1.165, 1.54) is 12.1 Å². The van der Waals surface area contributed by atoms with Crippen LogP contribution in [0.15, 0.2) is 18.2 Å². The van der Waals surface area contributed by atoms with Crippen LogP contribution in [-0.2, 0) is 14.3 Å². The monoisotopic (exact) mass is 349 g/mol. The summed E-state index contributed by atoms with van der Waals surface area (Å²) < 4.78 is 11.1. The highest BCUT2D eigenvalue weighted by atomic mass is 16.7. The van der Waals surface area contributed by atoms with Crippen LogP contribution in [0.1, 0.15) is 18.4 Å². The molecule has 1 aromatic rings. The van der Waals surface area contributed by atoms with Crippen molar-refractivity contribution in [1.29, 1.82) is 0 Å². The van der Waals surface area contributed by atoms with E-state index in [1.54, 1.807) is 6.07 Å². The van der Waals surface area contributed by atoms with Crippen LogP contribution >= 0.6 is 0 Å². The molecule has 1 aromatic carbocycles. The first kappa shape index (κ1) is 17.8. The summed E-state index contributed by atoms with van der Waals surface area (Å²) in [6, 6.07) is 4.47. The van der Waals surface area contributed by atoms with Crippen LogP contribution in [0, 0.1) is 23.0 Å². The van der Waals surface area contributed by atoms with Gasteiger partial charge >= 0.3 is 0 Å². The lowest BCUT2D eigenvalue weighted by Gasteiger charge is -2.33. The molecule has 0 unspecified atom stereocenters. The van der Waals surface area contributed by atoms with Crippen LogP contribution in [0.25, 0.3) is 0 Å². The fourth-order valence-electron chi connectivity index (χ4n) is 3.28. The summed E-state index contributed by atoms with van der Waals surface area (Å²) in [4.78, 5) is 24.8. The first-order chi connectivity index (χ1) is 12.0. The summed E-state index contributed by atoms with van der Waals surface area (Å²) in [5.74, 6) is 0.233. The van der Waals surface area contributed by atoms with Gasteiger partial charge in [-0.2, -0.15) is 0 Å². The number of amides is 1. The topological polar surface area (TPSA) is 93.9 Å². The van der Waals surface area contributed by atoms with Gasteiger partial charge in [0.2, 0.25) is 5.91 Å². The number of nitro benzene ring substituents is 1. The van der Waals surface area contributed by atoms with E-state index in [2.05, 4.69) is 10.2 Å². The summed E-state index contributed by atoms with van der Waals surface area (Å²) in [6.07, 6.45) is 1.78. The summed E-state index contributed by atoms with van der Waals surface area (Å²) in [5, 5.41) is 13.7. The number of carbonyl (C=O) groups excluding carboxylic acids is 1. The highest BCUT2D eigenvalue weighted by Crippen LogP contribution is 2.26. The molecule has 0 spiro atoms. The number of hydrogen-bond donors (Lipinski definition) is 1. The van der Waals surface area contributed by atoms with Gasteiger partial charge < -0.3 is 14.8 Å². The number of ether oxygens (including phenoxy) is 2. The molecule has 0 bridgehead atoms. The van der Waals surface area contributed by atoms with Gasteiger partial charge in [-0.3, -0.25) is 19.8 Å². The van der Waals surface area contributed by atoms with E-state index in [-0.39, 0.29) is 24.4 Å². The van der Waals surface area contributed by atoms with Crippen molar-refractivity contribution in [2.24, 2.45) is 5.92 Å². The Morgan fingerprint density at radius 1 is 1.32 bits per heavy atom. The van der Waals surface area contributed by atoms with E-state index in [9.17, 15) is 14.9 Å². The second kappa shape index (κ2) is 7.90. The molecule has 136 valence electrons. The molecule has 2 fully saturated rings. The van der Waals surface area contributed by atoms with E-state index in [0.29, 0.717) is 24.8 Å². The van der Waals surface area contributed by atoms with Gasteiger partial charge in [0.15, 0.2) is 6.29 Å². The minimum atomic E-state index is -0.465. The van der Waals surface area contributed by atoms with Gasteiger partial charge in [0.25, 0.3) is 5.69 Å². The van der Waals surface area contributed by atoms with Crippen LogP contribution < -0.4 is 5.32 Å². The lowest BCUT2D eigenvalue weighted by molar-refractivity contribution is -0.384. The van der Waals surface area contributed by atoms with Crippen molar-refractivity contribution in [2.45, 2.75) is 26.1 Å². The Morgan fingerprint density at radius 2 is 2.00 bits per heavy atom. The predicted molar refractivity (Wildman–Crippen MR) is 91.3 cm³/mol. The number of hydrogen-bond acceptors (Lipinski definition) is 6. The molecule has 3 rings (SSSR count). The van der Waals surface area contributed by atoms with Gasteiger partial charge in [-0.05, 0) is 38.4 Å². The summed E-state index contributed by atoms with van der Waals surface area (Å²) in [6.45, 7) is 5.05. The van der Waals surface area contributed by atoms with Crippen LogP contribution in [0.3, 0.4) is 0 Å². The number of nitro groups is 1. The molecule has 0 aromatic heterocycles. The van der Waals surface area contributed by atoms with E-state index < -0.39 is 4.92 Å². The Bertz CT molecular complexity index is 637. The maximum Gasteiger partial charge on any atom is 0.271 e. The molecule has 8 nitrogen and oxygen atoms in total. The number of anilines is 1. The fourth-order valence-corrected chi connectivity index (χ4v) is 3.28. The van der Waals surface area contributed by atoms with Crippen molar-refractivity contribution >= 4 is 17.3 Å². The molecule has 1 amide bonds. The number of rotatable bonds is 5. The van der Waals surface area contributed by atoms with Crippen molar-refractivity contribution < 1.29 is 19.2 Å². The number of piperidine rings is 1. The summed E-state index contributed by atoms with van der Waals surface area (Å²) in [5.41, 5.74) is 1.26. The van der Waals surface area contributed by atoms with Crippen molar-refractivity contribution in [3.05, 3.63) is 33.9 Å². The highest BCUT2D eigenvalue weighted by molar-refractivity contribution is 5.93. The first-order valence-electron chi connectivity index (χ1n) is 8.53. The Labute approximate surface area is 146 Å². The summed E-state index contributed by atoms with van der Waals surface area (Å²) >= 11 is 0. The van der Waals surface area contributed by atoms with Crippen LogP contribution in [0.2, 0.25) is 0 Å². The molecule has 0 radical (unpaired) electrons. The Hall–Kier alpha value is -2.03. The van der Waals surface area contributed by atoms with Crippen molar-refractivity contribution in [3.8, 4) is 0 Å². The van der Waals surface area contributed by atoms with Gasteiger partial charge in [0.05, 0.1) is 30.4 Å². The number of likely N-dealkylation sites (tertiary alicyclic amines) is 1. The maximum absolute atomic E-state index is 12.3.